The van der Waals surface area contributed by atoms with Gasteiger partial charge in [0.25, 0.3) is 5.91 Å². The fourth-order valence-electron chi connectivity index (χ4n) is 4.94. The Morgan fingerprint density at radius 3 is 2.56 bits per heavy atom. The number of aromatic nitrogens is 1. The van der Waals surface area contributed by atoms with Gasteiger partial charge in [-0.05, 0) is 56.4 Å². The minimum absolute atomic E-state index is 0.0652. The minimum atomic E-state index is -1.19. The van der Waals surface area contributed by atoms with Crippen molar-refractivity contribution in [3.05, 3.63) is 36.0 Å². The third-order valence-electron chi connectivity index (χ3n) is 6.92. The zero-order chi connectivity index (χ0) is 28.5. The number of nitrogens with zero attached hydrogens (tertiary/aromatic N) is 2. The van der Waals surface area contributed by atoms with Crippen molar-refractivity contribution in [2.45, 2.75) is 76.9 Å². The molecule has 0 radical (unpaired) electrons. The van der Waals surface area contributed by atoms with Crippen molar-refractivity contribution in [3.8, 4) is 0 Å². The van der Waals surface area contributed by atoms with Gasteiger partial charge >= 0.3 is 5.97 Å². The Hall–Kier alpha value is -4.02. The van der Waals surface area contributed by atoms with E-state index in [0.29, 0.717) is 32.2 Å². The Balaban J connectivity index is 1.66. The van der Waals surface area contributed by atoms with Crippen LogP contribution < -0.4 is 10.6 Å². The Bertz CT molecular complexity index is 1220. The van der Waals surface area contributed by atoms with Crippen LogP contribution in [0.25, 0.3) is 10.9 Å². The first-order valence-corrected chi connectivity index (χ1v) is 13.3. The SMILES string of the molecule is C=NC(=O)[C@H](CC(C)C)NC(=O)[C@@H](CCC(=O)O)NC(=O)[C@@H]1CCCN1C(=O)CCc1c[nH]c2ccccc12. The Morgan fingerprint density at radius 2 is 1.87 bits per heavy atom. The molecule has 0 aliphatic carbocycles. The van der Waals surface area contributed by atoms with Gasteiger partial charge in [0.05, 0.1) is 0 Å². The quantitative estimate of drug-likeness (QED) is 0.285. The monoisotopic (exact) mass is 539 g/mol. The number of carboxylic acids is 1. The Morgan fingerprint density at radius 1 is 1.13 bits per heavy atom. The number of amides is 4. The van der Waals surface area contributed by atoms with Crippen molar-refractivity contribution >= 4 is 47.2 Å². The number of hydrogen-bond donors (Lipinski definition) is 4. The number of para-hydroxylation sites is 1. The van der Waals surface area contributed by atoms with Gasteiger partial charge in [-0.15, -0.1) is 0 Å². The van der Waals surface area contributed by atoms with Crippen LogP contribution in [0.3, 0.4) is 0 Å². The first-order valence-electron chi connectivity index (χ1n) is 13.3. The third-order valence-corrected chi connectivity index (χ3v) is 6.92. The second-order valence-electron chi connectivity index (χ2n) is 10.3. The highest BCUT2D eigenvalue weighted by Gasteiger charge is 2.36. The van der Waals surface area contributed by atoms with Crippen LogP contribution >= 0.6 is 0 Å². The summed E-state index contributed by atoms with van der Waals surface area (Å²) in [5.74, 6) is -3.03. The molecule has 1 aromatic heterocycles. The van der Waals surface area contributed by atoms with Gasteiger partial charge in [0, 0.05) is 36.5 Å². The molecule has 11 nitrogen and oxygen atoms in total. The number of hydrogen-bond acceptors (Lipinski definition) is 5. The number of aryl methyl sites for hydroxylation is 1. The predicted molar refractivity (Wildman–Crippen MR) is 146 cm³/mol. The molecule has 4 N–H and O–H groups in total. The van der Waals surface area contributed by atoms with E-state index in [1.165, 1.54) is 4.90 Å². The number of aliphatic imine (C=N–C) groups is 1. The fourth-order valence-corrected chi connectivity index (χ4v) is 4.94. The number of H-pyrrole nitrogens is 1. The smallest absolute Gasteiger partial charge is 0.303 e. The number of carboxylic acid groups (broad SMARTS) is 1. The van der Waals surface area contributed by atoms with Crippen LogP contribution in [0.2, 0.25) is 0 Å². The molecule has 1 aliphatic heterocycles. The predicted octanol–water partition coefficient (Wildman–Crippen LogP) is 2.20. The van der Waals surface area contributed by atoms with Gasteiger partial charge in [0.15, 0.2) is 0 Å². The van der Waals surface area contributed by atoms with Crippen LogP contribution in [0.5, 0.6) is 0 Å². The van der Waals surface area contributed by atoms with E-state index in [1.807, 2.05) is 44.3 Å². The number of carbonyl (C=O) groups is 5. The van der Waals surface area contributed by atoms with Gasteiger partial charge in [-0.2, -0.15) is 0 Å². The zero-order valence-electron chi connectivity index (χ0n) is 22.4. The van der Waals surface area contributed by atoms with Gasteiger partial charge in [-0.1, -0.05) is 32.0 Å². The Kier molecular flexibility index (Phi) is 10.4. The van der Waals surface area contributed by atoms with E-state index in [9.17, 15) is 24.0 Å². The number of fused-ring (bicyclic) bond motifs is 1. The molecule has 4 amide bonds. The van der Waals surface area contributed by atoms with Crippen molar-refractivity contribution in [2.24, 2.45) is 10.9 Å². The molecule has 2 heterocycles. The highest BCUT2D eigenvalue weighted by molar-refractivity contribution is 5.95. The largest absolute Gasteiger partial charge is 0.481 e. The molecule has 210 valence electrons. The van der Waals surface area contributed by atoms with Crippen molar-refractivity contribution in [3.63, 3.8) is 0 Å². The summed E-state index contributed by atoms with van der Waals surface area (Å²) in [5.41, 5.74) is 2.01. The van der Waals surface area contributed by atoms with E-state index in [1.54, 1.807) is 0 Å². The van der Waals surface area contributed by atoms with Crippen molar-refractivity contribution in [1.29, 1.82) is 0 Å². The summed E-state index contributed by atoms with van der Waals surface area (Å²) in [6.07, 6.45) is 3.48. The highest BCUT2D eigenvalue weighted by Crippen LogP contribution is 2.22. The van der Waals surface area contributed by atoms with E-state index < -0.39 is 41.8 Å². The van der Waals surface area contributed by atoms with Crippen LogP contribution in [0.1, 0.15) is 57.9 Å². The second-order valence-corrected chi connectivity index (χ2v) is 10.3. The van der Waals surface area contributed by atoms with Gasteiger partial charge < -0.3 is 25.6 Å². The number of nitrogens with one attached hydrogen (secondary N) is 3. The molecule has 11 heteroatoms. The Labute approximate surface area is 227 Å². The van der Waals surface area contributed by atoms with Gasteiger partial charge in [-0.3, -0.25) is 24.0 Å². The minimum Gasteiger partial charge on any atom is -0.481 e. The molecule has 1 saturated heterocycles. The average Bonchev–Trinajstić information content (AvgIpc) is 3.56. The molecule has 2 aromatic rings. The zero-order valence-corrected chi connectivity index (χ0v) is 22.4. The van der Waals surface area contributed by atoms with Crippen molar-refractivity contribution in [1.82, 2.24) is 20.5 Å². The lowest BCUT2D eigenvalue weighted by atomic mass is 10.0. The number of benzene rings is 1. The number of carbonyl (C=O) groups excluding carboxylic acids is 4. The molecule has 3 atom stereocenters. The van der Waals surface area contributed by atoms with Crippen LogP contribution in [-0.2, 0) is 30.4 Å². The highest BCUT2D eigenvalue weighted by atomic mass is 16.4. The standard InChI is InChI=1S/C28H37N5O6/c1-17(2)15-22(26(37)29-3)32-27(38)21(11-13-25(35)36)31-28(39)23-9-6-14-33(23)24(34)12-10-18-16-30-20-8-5-4-7-19(18)20/h4-5,7-8,16-17,21-23,30H,3,6,9-15H2,1-2H3,(H,31,39)(H,32,38)(H,35,36)/t21-,22+,23+/m1/s1. The van der Waals surface area contributed by atoms with Crippen LogP contribution in [0.15, 0.2) is 35.5 Å². The molecular weight excluding hydrogens is 502 g/mol. The summed E-state index contributed by atoms with van der Waals surface area (Å²) in [4.78, 5) is 70.9. The molecule has 0 bridgehead atoms. The molecule has 1 aromatic carbocycles. The van der Waals surface area contributed by atoms with E-state index in [-0.39, 0.29) is 31.1 Å². The topological polar surface area (TPSA) is 161 Å². The summed E-state index contributed by atoms with van der Waals surface area (Å²) < 4.78 is 0. The fraction of sp³-hybridized carbons (Fsp3) is 0.500. The summed E-state index contributed by atoms with van der Waals surface area (Å²) in [5, 5.41) is 15.4. The molecule has 0 saturated carbocycles. The number of likely N-dealkylation sites (tertiary alicyclic amines) is 1. The summed E-state index contributed by atoms with van der Waals surface area (Å²) in [6, 6.07) is 4.94. The van der Waals surface area contributed by atoms with Crippen LogP contribution in [0, 0.1) is 5.92 Å². The lowest BCUT2D eigenvalue weighted by molar-refractivity contribution is -0.140. The lowest BCUT2D eigenvalue weighted by Gasteiger charge is -2.27. The number of aliphatic carboxylic acids is 1. The van der Waals surface area contributed by atoms with E-state index in [0.717, 1.165) is 16.5 Å². The second kappa shape index (κ2) is 13.7. The molecule has 3 rings (SSSR count). The van der Waals surface area contributed by atoms with Gasteiger partial charge in [0.2, 0.25) is 17.7 Å². The lowest BCUT2D eigenvalue weighted by Crippen LogP contribution is -2.55. The molecule has 1 fully saturated rings. The maximum atomic E-state index is 13.2. The van der Waals surface area contributed by atoms with Crippen molar-refractivity contribution < 1.29 is 29.1 Å². The third kappa shape index (κ3) is 7.98. The maximum Gasteiger partial charge on any atom is 0.303 e. The van der Waals surface area contributed by atoms with Crippen molar-refractivity contribution in [2.75, 3.05) is 6.54 Å². The molecule has 39 heavy (non-hydrogen) atoms. The van der Waals surface area contributed by atoms with Crippen LogP contribution in [0.4, 0.5) is 0 Å². The summed E-state index contributed by atoms with van der Waals surface area (Å²) in [6.45, 7) is 7.41. The first kappa shape index (κ1) is 29.5. The molecule has 0 spiro atoms. The summed E-state index contributed by atoms with van der Waals surface area (Å²) in [7, 11) is 0. The van der Waals surface area contributed by atoms with E-state index in [2.05, 4.69) is 27.3 Å². The molecule has 1 aliphatic rings. The number of rotatable bonds is 13. The molecule has 0 unspecified atom stereocenters. The normalized spacial score (nSPS) is 16.6. The average molecular weight is 540 g/mol. The van der Waals surface area contributed by atoms with E-state index >= 15 is 0 Å². The van der Waals surface area contributed by atoms with Gasteiger partial charge in [-0.25, -0.2) is 4.99 Å². The van der Waals surface area contributed by atoms with Gasteiger partial charge in [0.1, 0.15) is 18.1 Å². The molecular formula is C28H37N5O6. The summed E-state index contributed by atoms with van der Waals surface area (Å²) >= 11 is 0. The number of aromatic amines is 1. The van der Waals surface area contributed by atoms with E-state index in [4.69, 9.17) is 5.11 Å². The van der Waals surface area contributed by atoms with Crippen LogP contribution in [-0.4, -0.2) is 76.0 Å². The first-order chi connectivity index (χ1) is 18.6. The maximum absolute atomic E-state index is 13.2.